The number of nitrogens with one attached hydrogen (secondary N) is 2. The predicted octanol–water partition coefficient (Wildman–Crippen LogP) is 2.87. The molecular formula is C18H23ClN2O3. The molecule has 2 aromatic carbocycles. The van der Waals surface area contributed by atoms with Crippen molar-refractivity contribution in [1.29, 1.82) is 0 Å². The maximum atomic E-state index is 12.1. The van der Waals surface area contributed by atoms with Crippen LogP contribution in [0.15, 0.2) is 54.6 Å². The number of para-hydroxylation sites is 1. The lowest BCUT2D eigenvalue weighted by atomic mass is 10.2. The molecule has 0 spiro atoms. The molecule has 24 heavy (non-hydrogen) atoms. The molecule has 0 atom stereocenters. The Labute approximate surface area is 148 Å². The number of rotatable bonds is 9. The minimum atomic E-state index is -0.114. The van der Waals surface area contributed by atoms with E-state index in [9.17, 15) is 4.79 Å². The molecule has 0 aromatic heterocycles. The number of benzene rings is 2. The van der Waals surface area contributed by atoms with Gasteiger partial charge in [-0.25, -0.2) is 0 Å². The Balaban J connectivity index is 0.00000288. The highest BCUT2D eigenvalue weighted by Gasteiger charge is 2.06. The minimum Gasteiger partial charge on any atom is -0.457 e. The SMILES string of the molecule is COCCNCCNC(=O)c1cccc(Oc2ccccc2)c1.Cl. The van der Waals surface area contributed by atoms with Crippen LogP contribution in [0.25, 0.3) is 0 Å². The average Bonchev–Trinajstić information content (AvgIpc) is 2.59. The quantitative estimate of drug-likeness (QED) is 0.683. The Morgan fingerprint density at radius 2 is 1.71 bits per heavy atom. The largest absolute Gasteiger partial charge is 0.457 e. The van der Waals surface area contributed by atoms with Crippen molar-refractivity contribution in [3.05, 3.63) is 60.2 Å². The summed E-state index contributed by atoms with van der Waals surface area (Å²) in [6, 6.07) is 16.6. The smallest absolute Gasteiger partial charge is 0.251 e. The summed E-state index contributed by atoms with van der Waals surface area (Å²) in [6.07, 6.45) is 0. The molecular weight excluding hydrogens is 328 g/mol. The summed E-state index contributed by atoms with van der Waals surface area (Å²) in [5.74, 6) is 1.27. The van der Waals surface area contributed by atoms with Crippen LogP contribution in [0.3, 0.4) is 0 Å². The number of carbonyl (C=O) groups excluding carboxylic acids is 1. The maximum Gasteiger partial charge on any atom is 0.251 e. The Morgan fingerprint density at radius 3 is 2.46 bits per heavy atom. The number of carbonyl (C=O) groups is 1. The number of amides is 1. The van der Waals surface area contributed by atoms with Gasteiger partial charge in [0.1, 0.15) is 11.5 Å². The van der Waals surface area contributed by atoms with E-state index in [1.165, 1.54) is 0 Å². The Bertz CT molecular complexity index is 608. The number of methoxy groups -OCH3 is 1. The highest BCUT2D eigenvalue weighted by atomic mass is 35.5. The molecule has 2 aromatic rings. The zero-order valence-corrected chi connectivity index (χ0v) is 14.5. The first-order valence-corrected chi connectivity index (χ1v) is 7.60. The van der Waals surface area contributed by atoms with Crippen molar-refractivity contribution in [1.82, 2.24) is 10.6 Å². The molecule has 0 aliphatic rings. The van der Waals surface area contributed by atoms with Crippen LogP contribution in [0, 0.1) is 0 Å². The average molecular weight is 351 g/mol. The van der Waals surface area contributed by atoms with Gasteiger partial charge in [-0.1, -0.05) is 24.3 Å². The first-order chi connectivity index (χ1) is 11.3. The molecule has 130 valence electrons. The van der Waals surface area contributed by atoms with Gasteiger partial charge in [0.15, 0.2) is 0 Å². The van der Waals surface area contributed by atoms with Crippen molar-refractivity contribution in [2.75, 3.05) is 33.4 Å². The van der Waals surface area contributed by atoms with Crippen LogP contribution in [0.4, 0.5) is 0 Å². The van der Waals surface area contributed by atoms with Gasteiger partial charge in [-0.2, -0.15) is 0 Å². The molecule has 0 heterocycles. The third kappa shape index (κ3) is 7.00. The van der Waals surface area contributed by atoms with Gasteiger partial charge in [0.25, 0.3) is 5.91 Å². The molecule has 2 rings (SSSR count). The lowest BCUT2D eigenvalue weighted by Crippen LogP contribution is -2.33. The van der Waals surface area contributed by atoms with E-state index in [0.29, 0.717) is 31.0 Å². The molecule has 0 aliphatic carbocycles. The number of halogens is 1. The lowest BCUT2D eigenvalue weighted by molar-refractivity contribution is 0.0953. The molecule has 6 heteroatoms. The van der Waals surface area contributed by atoms with Crippen LogP contribution >= 0.6 is 12.4 Å². The van der Waals surface area contributed by atoms with Crippen molar-refractivity contribution in [2.45, 2.75) is 0 Å². The number of hydrogen-bond donors (Lipinski definition) is 2. The summed E-state index contributed by atoms with van der Waals surface area (Å²) in [6.45, 7) is 2.70. The summed E-state index contributed by atoms with van der Waals surface area (Å²) in [5.41, 5.74) is 0.579. The molecule has 0 aliphatic heterocycles. The fourth-order valence-corrected chi connectivity index (χ4v) is 1.99. The molecule has 0 saturated carbocycles. The van der Waals surface area contributed by atoms with Crippen LogP contribution in [0.2, 0.25) is 0 Å². The fraction of sp³-hybridized carbons (Fsp3) is 0.278. The Kier molecular flexibility index (Phi) is 9.53. The minimum absolute atomic E-state index is 0. The normalized spacial score (nSPS) is 9.88. The van der Waals surface area contributed by atoms with Gasteiger partial charge in [-0.3, -0.25) is 4.79 Å². The van der Waals surface area contributed by atoms with E-state index < -0.39 is 0 Å². The van der Waals surface area contributed by atoms with Crippen molar-refractivity contribution < 1.29 is 14.3 Å². The van der Waals surface area contributed by atoms with E-state index in [1.54, 1.807) is 19.2 Å². The van der Waals surface area contributed by atoms with Crippen LogP contribution in [0.5, 0.6) is 11.5 Å². The summed E-state index contributed by atoms with van der Waals surface area (Å²) >= 11 is 0. The van der Waals surface area contributed by atoms with Crippen molar-refractivity contribution in [3.63, 3.8) is 0 Å². The second kappa shape index (κ2) is 11.5. The Morgan fingerprint density at radius 1 is 0.958 bits per heavy atom. The van der Waals surface area contributed by atoms with Gasteiger partial charge in [-0.15, -0.1) is 12.4 Å². The molecule has 0 unspecified atom stereocenters. The van der Waals surface area contributed by atoms with Crippen molar-refractivity contribution in [3.8, 4) is 11.5 Å². The van der Waals surface area contributed by atoms with Gasteiger partial charge in [0, 0.05) is 32.3 Å². The van der Waals surface area contributed by atoms with Crippen LogP contribution in [0.1, 0.15) is 10.4 Å². The van der Waals surface area contributed by atoms with Crippen molar-refractivity contribution >= 4 is 18.3 Å². The summed E-state index contributed by atoms with van der Waals surface area (Å²) in [4.78, 5) is 12.1. The fourth-order valence-electron chi connectivity index (χ4n) is 1.99. The third-order valence-corrected chi connectivity index (χ3v) is 3.15. The second-order valence-corrected chi connectivity index (χ2v) is 4.94. The van der Waals surface area contributed by atoms with E-state index in [-0.39, 0.29) is 18.3 Å². The molecule has 0 radical (unpaired) electrons. The molecule has 0 saturated heterocycles. The van der Waals surface area contributed by atoms with Gasteiger partial charge < -0.3 is 20.1 Å². The predicted molar refractivity (Wildman–Crippen MR) is 97.3 cm³/mol. The Hall–Kier alpha value is -2.08. The van der Waals surface area contributed by atoms with E-state index in [2.05, 4.69) is 10.6 Å². The molecule has 1 amide bonds. The van der Waals surface area contributed by atoms with E-state index in [0.717, 1.165) is 12.3 Å². The van der Waals surface area contributed by atoms with Crippen LogP contribution in [-0.2, 0) is 4.74 Å². The highest BCUT2D eigenvalue weighted by Crippen LogP contribution is 2.21. The topological polar surface area (TPSA) is 59.6 Å². The summed E-state index contributed by atoms with van der Waals surface area (Å²) < 4.78 is 10.7. The summed E-state index contributed by atoms with van der Waals surface area (Å²) in [7, 11) is 1.66. The molecule has 2 N–H and O–H groups in total. The van der Waals surface area contributed by atoms with Gasteiger partial charge in [0.05, 0.1) is 6.61 Å². The number of hydrogen-bond acceptors (Lipinski definition) is 4. The maximum absolute atomic E-state index is 12.1. The molecule has 5 nitrogen and oxygen atoms in total. The van der Waals surface area contributed by atoms with E-state index in [1.807, 2.05) is 42.5 Å². The number of ether oxygens (including phenoxy) is 2. The van der Waals surface area contributed by atoms with Crippen LogP contribution in [-0.4, -0.2) is 39.3 Å². The third-order valence-electron chi connectivity index (χ3n) is 3.15. The zero-order valence-electron chi connectivity index (χ0n) is 13.7. The lowest BCUT2D eigenvalue weighted by Gasteiger charge is -2.09. The molecule has 0 bridgehead atoms. The standard InChI is InChI=1S/C18H22N2O3.ClH/c1-22-13-12-19-10-11-20-18(21)15-6-5-9-17(14-15)23-16-7-3-2-4-8-16;/h2-9,14,19H,10-13H2,1H3,(H,20,21);1H. The van der Waals surface area contributed by atoms with Gasteiger partial charge in [0.2, 0.25) is 0 Å². The second-order valence-electron chi connectivity index (χ2n) is 4.94. The first kappa shape index (κ1) is 20.0. The molecule has 0 fully saturated rings. The monoisotopic (exact) mass is 350 g/mol. The van der Waals surface area contributed by atoms with Crippen LogP contribution < -0.4 is 15.4 Å². The van der Waals surface area contributed by atoms with Gasteiger partial charge in [-0.05, 0) is 30.3 Å². The summed E-state index contributed by atoms with van der Waals surface area (Å²) in [5, 5.41) is 6.04. The highest BCUT2D eigenvalue weighted by molar-refractivity contribution is 5.94. The van der Waals surface area contributed by atoms with Crippen molar-refractivity contribution in [2.24, 2.45) is 0 Å². The first-order valence-electron chi connectivity index (χ1n) is 7.60. The van der Waals surface area contributed by atoms with E-state index >= 15 is 0 Å². The van der Waals surface area contributed by atoms with E-state index in [4.69, 9.17) is 9.47 Å². The van der Waals surface area contributed by atoms with Gasteiger partial charge >= 0.3 is 0 Å². The zero-order chi connectivity index (χ0) is 16.3.